The fourth-order valence-corrected chi connectivity index (χ4v) is 3.70. The number of hydrogen-bond acceptors (Lipinski definition) is 2. The van der Waals surface area contributed by atoms with Crippen LogP contribution in [0.3, 0.4) is 0 Å². The van der Waals surface area contributed by atoms with E-state index in [1.54, 1.807) is 0 Å². The number of pyridine rings is 1. The van der Waals surface area contributed by atoms with Crippen LogP contribution in [-0.4, -0.2) is 17.7 Å². The lowest BCUT2D eigenvalue weighted by Gasteiger charge is -2.18. The third-order valence-electron chi connectivity index (χ3n) is 5.38. The predicted molar refractivity (Wildman–Crippen MR) is 126 cm³/mol. The lowest BCUT2D eigenvalue weighted by Crippen LogP contribution is -2.20. The Hall–Kier alpha value is -2.91. The molecular weight excluding hydrogens is 356 g/mol. The smallest absolute Gasteiger partial charge is 0.197 e. The Morgan fingerprint density at radius 2 is 1.90 bits per heavy atom. The molecule has 0 amide bonds. The highest BCUT2D eigenvalue weighted by atomic mass is 16.1. The van der Waals surface area contributed by atoms with Gasteiger partial charge in [0.25, 0.3) is 0 Å². The normalized spacial score (nSPS) is 12.0. The molecule has 0 aliphatic rings. The molecule has 0 bridgehead atoms. The molecule has 3 heteroatoms. The number of aryl methyl sites for hydroxylation is 3. The standard InChI is InChI=1S/C26H30N2O/c1-5-6-7-11-19(2)18-27-16-10-17-28-24-13-9-8-12-22(24)26(29)23-15-14-20(3)21(4)25(23)28/h5-9,11-15,27H,2,10,16-18H2,1,3-4H3/b6-5-,11-7-. The monoisotopic (exact) mass is 386 g/mol. The number of benzene rings is 2. The van der Waals surface area contributed by atoms with Crippen LogP contribution in [-0.2, 0) is 6.54 Å². The molecule has 3 nitrogen and oxygen atoms in total. The van der Waals surface area contributed by atoms with Crippen LogP contribution in [0.5, 0.6) is 0 Å². The first kappa shape index (κ1) is 20.8. The molecule has 0 aliphatic heterocycles. The van der Waals surface area contributed by atoms with Crippen LogP contribution < -0.4 is 10.7 Å². The second-order valence-electron chi connectivity index (χ2n) is 7.48. The molecule has 1 N–H and O–H groups in total. The zero-order valence-corrected chi connectivity index (χ0v) is 17.7. The molecule has 29 heavy (non-hydrogen) atoms. The number of hydrogen-bond donors (Lipinski definition) is 1. The third kappa shape index (κ3) is 4.57. The van der Waals surface area contributed by atoms with E-state index in [-0.39, 0.29) is 5.43 Å². The average molecular weight is 387 g/mol. The Morgan fingerprint density at radius 1 is 1.10 bits per heavy atom. The maximum Gasteiger partial charge on any atom is 0.197 e. The van der Waals surface area contributed by atoms with Gasteiger partial charge in [0.15, 0.2) is 5.43 Å². The summed E-state index contributed by atoms with van der Waals surface area (Å²) < 4.78 is 2.32. The quantitative estimate of drug-likeness (QED) is 0.318. The van der Waals surface area contributed by atoms with Gasteiger partial charge in [-0.2, -0.15) is 0 Å². The van der Waals surface area contributed by atoms with Gasteiger partial charge in [-0.1, -0.05) is 49.1 Å². The molecule has 1 aromatic heterocycles. The van der Waals surface area contributed by atoms with Gasteiger partial charge in [-0.3, -0.25) is 4.79 Å². The SMILES string of the molecule is C=C(/C=C\C=C/C)CNCCCn1c2ccccc2c(=O)c2ccc(C)c(C)c21. The molecule has 150 valence electrons. The number of nitrogens with one attached hydrogen (secondary N) is 1. The van der Waals surface area contributed by atoms with Gasteiger partial charge in [0.05, 0.1) is 11.0 Å². The van der Waals surface area contributed by atoms with Crippen molar-refractivity contribution in [2.75, 3.05) is 13.1 Å². The fourth-order valence-electron chi connectivity index (χ4n) is 3.70. The van der Waals surface area contributed by atoms with Crippen LogP contribution in [0.4, 0.5) is 0 Å². The number of para-hydroxylation sites is 1. The Bertz CT molecular complexity index is 1150. The van der Waals surface area contributed by atoms with Crippen LogP contribution in [0.25, 0.3) is 21.8 Å². The summed E-state index contributed by atoms with van der Waals surface area (Å²) >= 11 is 0. The summed E-state index contributed by atoms with van der Waals surface area (Å²) in [5.41, 5.74) is 5.65. The highest BCUT2D eigenvalue weighted by Crippen LogP contribution is 2.24. The van der Waals surface area contributed by atoms with E-state index in [0.717, 1.165) is 53.4 Å². The van der Waals surface area contributed by atoms with E-state index >= 15 is 0 Å². The Kier molecular flexibility index (Phi) is 6.84. The van der Waals surface area contributed by atoms with Gasteiger partial charge >= 0.3 is 0 Å². The van der Waals surface area contributed by atoms with Gasteiger partial charge in [0.1, 0.15) is 0 Å². The summed E-state index contributed by atoms with van der Waals surface area (Å²) in [6.07, 6.45) is 9.01. The molecule has 0 saturated heterocycles. The molecule has 0 aliphatic carbocycles. The molecule has 0 saturated carbocycles. The number of nitrogens with zero attached hydrogens (tertiary/aromatic N) is 1. The average Bonchev–Trinajstić information content (AvgIpc) is 2.72. The zero-order valence-electron chi connectivity index (χ0n) is 17.7. The molecule has 0 unspecified atom stereocenters. The van der Waals surface area contributed by atoms with Crippen molar-refractivity contribution in [3.8, 4) is 0 Å². The van der Waals surface area contributed by atoms with Crippen LogP contribution in [0.1, 0.15) is 24.5 Å². The van der Waals surface area contributed by atoms with Crippen molar-refractivity contribution in [1.82, 2.24) is 9.88 Å². The minimum Gasteiger partial charge on any atom is -0.340 e. The third-order valence-corrected chi connectivity index (χ3v) is 5.38. The maximum atomic E-state index is 13.0. The van der Waals surface area contributed by atoms with E-state index in [9.17, 15) is 4.79 Å². The Balaban J connectivity index is 1.83. The fraction of sp³-hybridized carbons (Fsp3) is 0.269. The summed E-state index contributed by atoms with van der Waals surface area (Å²) in [6.45, 7) is 12.8. The molecular formula is C26H30N2O. The number of aromatic nitrogens is 1. The summed E-state index contributed by atoms with van der Waals surface area (Å²) in [7, 11) is 0. The predicted octanol–water partition coefficient (Wildman–Crippen LogP) is 5.44. The maximum absolute atomic E-state index is 13.0. The van der Waals surface area contributed by atoms with Gasteiger partial charge in [0.2, 0.25) is 0 Å². The van der Waals surface area contributed by atoms with E-state index < -0.39 is 0 Å². The molecule has 3 aromatic rings. The minimum absolute atomic E-state index is 0.122. The van der Waals surface area contributed by atoms with Crippen molar-refractivity contribution in [1.29, 1.82) is 0 Å². The number of allylic oxidation sites excluding steroid dienone is 3. The zero-order chi connectivity index (χ0) is 20.8. The van der Waals surface area contributed by atoms with E-state index in [4.69, 9.17) is 0 Å². The van der Waals surface area contributed by atoms with Crippen molar-refractivity contribution in [2.24, 2.45) is 0 Å². The second-order valence-corrected chi connectivity index (χ2v) is 7.48. The van der Waals surface area contributed by atoms with Crippen LogP contribution in [0.2, 0.25) is 0 Å². The summed E-state index contributed by atoms with van der Waals surface area (Å²) in [5, 5.41) is 5.06. The van der Waals surface area contributed by atoms with Crippen LogP contribution in [0.15, 0.2) is 77.6 Å². The van der Waals surface area contributed by atoms with E-state index in [1.165, 1.54) is 11.1 Å². The first-order valence-corrected chi connectivity index (χ1v) is 10.2. The topological polar surface area (TPSA) is 34.0 Å². The van der Waals surface area contributed by atoms with Crippen LogP contribution in [0, 0.1) is 13.8 Å². The van der Waals surface area contributed by atoms with Gasteiger partial charge < -0.3 is 9.88 Å². The summed E-state index contributed by atoms with van der Waals surface area (Å²) in [6, 6.07) is 12.0. The van der Waals surface area contributed by atoms with E-state index in [0.29, 0.717) is 0 Å². The molecule has 2 aromatic carbocycles. The molecule has 1 heterocycles. The largest absolute Gasteiger partial charge is 0.340 e. The molecule has 0 radical (unpaired) electrons. The highest BCUT2D eigenvalue weighted by molar-refractivity contribution is 5.95. The van der Waals surface area contributed by atoms with Crippen molar-refractivity contribution < 1.29 is 0 Å². The summed E-state index contributed by atoms with van der Waals surface area (Å²) in [4.78, 5) is 13.0. The Labute approximate surface area is 173 Å². The molecule has 3 rings (SSSR count). The first-order chi connectivity index (χ1) is 14.0. The Morgan fingerprint density at radius 3 is 2.69 bits per heavy atom. The molecule has 0 atom stereocenters. The van der Waals surface area contributed by atoms with Crippen molar-refractivity contribution in [3.05, 3.63) is 94.2 Å². The van der Waals surface area contributed by atoms with Gasteiger partial charge in [0, 0.05) is 23.9 Å². The van der Waals surface area contributed by atoms with Crippen molar-refractivity contribution >= 4 is 21.8 Å². The lowest BCUT2D eigenvalue weighted by atomic mass is 10.0. The van der Waals surface area contributed by atoms with Crippen molar-refractivity contribution in [3.63, 3.8) is 0 Å². The van der Waals surface area contributed by atoms with Gasteiger partial charge in [-0.25, -0.2) is 0 Å². The number of fused-ring (bicyclic) bond motifs is 2. The van der Waals surface area contributed by atoms with Gasteiger partial charge in [-0.05, 0) is 68.6 Å². The van der Waals surface area contributed by atoms with E-state index in [1.807, 2.05) is 61.6 Å². The molecule has 0 spiro atoms. The number of rotatable bonds is 8. The first-order valence-electron chi connectivity index (χ1n) is 10.2. The second kappa shape index (κ2) is 9.53. The van der Waals surface area contributed by atoms with E-state index in [2.05, 4.69) is 36.4 Å². The van der Waals surface area contributed by atoms with Crippen LogP contribution >= 0.6 is 0 Å². The lowest BCUT2D eigenvalue weighted by molar-refractivity contribution is 0.617. The molecule has 0 fully saturated rings. The minimum atomic E-state index is 0.122. The highest BCUT2D eigenvalue weighted by Gasteiger charge is 2.13. The van der Waals surface area contributed by atoms with Gasteiger partial charge in [-0.15, -0.1) is 0 Å². The summed E-state index contributed by atoms with van der Waals surface area (Å²) in [5.74, 6) is 0. The van der Waals surface area contributed by atoms with Crippen molar-refractivity contribution in [2.45, 2.75) is 33.7 Å².